The normalized spacial score (nSPS) is 19.7. The molecule has 1 aliphatic rings. The number of cyclic esters (lactones) is 1. The third-order valence-electron chi connectivity index (χ3n) is 4.36. The highest BCUT2D eigenvalue weighted by Crippen LogP contribution is 2.44. The molecule has 1 heterocycles. The van der Waals surface area contributed by atoms with Crippen molar-refractivity contribution in [2.45, 2.75) is 19.8 Å². The van der Waals surface area contributed by atoms with Gasteiger partial charge in [-0.2, -0.15) is 0 Å². The molecular formula is C20H20O3. The number of carbonyl (C=O) groups excluding carboxylic acids is 1. The van der Waals surface area contributed by atoms with Crippen LogP contribution in [0.25, 0.3) is 5.76 Å². The molecule has 0 saturated carbocycles. The van der Waals surface area contributed by atoms with E-state index in [1.807, 2.05) is 74.5 Å². The van der Waals surface area contributed by atoms with Gasteiger partial charge in [-0.3, -0.25) is 4.79 Å². The van der Waals surface area contributed by atoms with Crippen molar-refractivity contribution in [1.82, 2.24) is 0 Å². The number of ether oxygens (including phenoxy) is 2. The number of hydrogen-bond donors (Lipinski definition) is 0. The Hall–Kier alpha value is -2.55. The summed E-state index contributed by atoms with van der Waals surface area (Å²) in [6, 6.07) is 17.6. The SMILES string of the molecule is COc1ccc(C2=C[C@H](c3ccccc3)C(C)(C)C(=O)O2)cc1. The summed E-state index contributed by atoms with van der Waals surface area (Å²) < 4.78 is 10.8. The van der Waals surface area contributed by atoms with E-state index < -0.39 is 5.41 Å². The summed E-state index contributed by atoms with van der Waals surface area (Å²) in [5.74, 6) is 1.14. The van der Waals surface area contributed by atoms with Gasteiger partial charge in [0.05, 0.1) is 12.5 Å². The average Bonchev–Trinajstić information content (AvgIpc) is 2.58. The lowest BCUT2D eigenvalue weighted by Gasteiger charge is -2.35. The lowest BCUT2D eigenvalue weighted by atomic mass is 9.73. The molecule has 0 aromatic heterocycles. The van der Waals surface area contributed by atoms with E-state index in [0.717, 1.165) is 16.9 Å². The van der Waals surface area contributed by atoms with Crippen LogP contribution in [0, 0.1) is 5.41 Å². The second kappa shape index (κ2) is 5.92. The minimum atomic E-state index is -0.600. The molecule has 3 rings (SSSR count). The van der Waals surface area contributed by atoms with Gasteiger partial charge in [0.25, 0.3) is 0 Å². The minimum Gasteiger partial charge on any atom is -0.497 e. The van der Waals surface area contributed by atoms with Gasteiger partial charge in [-0.05, 0) is 49.8 Å². The van der Waals surface area contributed by atoms with E-state index in [4.69, 9.17) is 9.47 Å². The molecule has 1 atom stereocenters. The predicted molar refractivity (Wildman–Crippen MR) is 90.0 cm³/mol. The van der Waals surface area contributed by atoms with Gasteiger partial charge >= 0.3 is 5.97 Å². The highest BCUT2D eigenvalue weighted by atomic mass is 16.5. The summed E-state index contributed by atoms with van der Waals surface area (Å²) in [4.78, 5) is 12.5. The molecule has 3 heteroatoms. The summed E-state index contributed by atoms with van der Waals surface area (Å²) in [6.07, 6.45) is 2.04. The van der Waals surface area contributed by atoms with Crippen LogP contribution in [-0.2, 0) is 9.53 Å². The van der Waals surface area contributed by atoms with Crippen molar-refractivity contribution in [2.75, 3.05) is 7.11 Å². The molecule has 3 nitrogen and oxygen atoms in total. The molecule has 0 fully saturated rings. The first-order valence-corrected chi connectivity index (χ1v) is 7.66. The van der Waals surface area contributed by atoms with Crippen LogP contribution in [0.15, 0.2) is 60.7 Å². The van der Waals surface area contributed by atoms with Gasteiger partial charge in [0.2, 0.25) is 0 Å². The number of esters is 1. The standard InChI is InChI=1S/C20H20O3/c1-20(2)17(14-7-5-4-6-8-14)13-18(23-19(20)21)15-9-11-16(22-3)12-10-15/h4-13,17H,1-3H3/t17-/m1/s1. The maximum atomic E-state index is 12.5. The Morgan fingerprint density at radius 1 is 1.00 bits per heavy atom. The van der Waals surface area contributed by atoms with E-state index in [0.29, 0.717) is 5.76 Å². The third kappa shape index (κ3) is 2.87. The highest BCUT2D eigenvalue weighted by Gasteiger charge is 2.42. The van der Waals surface area contributed by atoms with Crippen LogP contribution in [0.1, 0.15) is 30.9 Å². The molecule has 118 valence electrons. The maximum absolute atomic E-state index is 12.5. The van der Waals surface area contributed by atoms with E-state index in [2.05, 4.69) is 0 Å². The van der Waals surface area contributed by atoms with Crippen LogP contribution in [-0.4, -0.2) is 13.1 Å². The molecule has 0 aliphatic carbocycles. The molecule has 0 spiro atoms. The molecule has 0 unspecified atom stereocenters. The number of allylic oxidation sites excluding steroid dienone is 1. The monoisotopic (exact) mass is 308 g/mol. The van der Waals surface area contributed by atoms with Gasteiger partial charge in [-0.25, -0.2) is 0 Å². The molecule has 0 bridgehead atoms. The number of carbonyl (C=O) groups is 1. The van der Waals surface area contributed by atoms with Crippen LogP contribution in [0.4, 0.5) is 0 Å². The summed E-state index contributed by atoms with van der Waals surface area (Å²) >= 11 is 0. The van der Waals surface area contributed by atoms with Crippen LogP contribution in [0.2, 0.25) is 0 Å². The molecule has 0 N–H and O–H groups in total. The van der Waals surface area contributed by atoms with Crippen LogP contribution in [0.5, 0.6) is 5.75 Å². The average molecular weight is 308 g/mol. The van der Waals surface area contributed by atoms with E-state index in [9.17, 15) is 4.79 Å². The Balaban J connectivity index is 2.03. The summed E-state index contributed by atoms with van der Waals surface area (Å²) in [6.45, 7) is 3.85. The number of hydrogen-bond acceptors (Lipinski definition) is 3. The first-order chi connectivity index (χ1) is 11.0. The fourth-order valence-corrected chi connectivity index (χ4v) is 2.84. The topological polar surface area (TPSA) is 35.5 Å². The van der Waals surface area contributed by atoms with E-state index in [1.54, 1.807) is 7.11 Å². The molecular weight excluding hydrogens is 288 g/mol. The minimum absolute atomic E-state index is 0.0259. The van der Waals surface area contributed by atoms with Crippen molar-refractivity contribution in [3.63, 3.8) is 0 Å². The Morgan fingerprint density at radius 3 is 2.26 bits per heavy atom. The fraction of sp³-hybridized carbons (Fsp3) is 0.250. The Kier molecular flexibility index (Phi) is 3.95. The molecule has 2 aromatic carbocycles. The lowest BCUT2D eigenvalue weighted by molar-refractivity contribution is -0.148. The molecule has 0 radical (unpaired) electrons. The first-order valence-electron chi connectivity index (χ1n) is 7.66. The van der Waals surface area contributed by atoms with Crippen LogP contribution >= 0.6 is 0 Å². The second-order valence-electron chi connectivity index (χ2n) is 6.26. The second-order valence-corrected chi connectivity index (χ2v) is 6.26. The van der Waals surface area contributed by atoms with Gasteiger partial charge in [0, 0.05) is 11.5 Å². The summed E-state index contributed by atoms with van der Waals surface area (Å²) in [5, 5.41) is 0. The first kappa shape index (κ1) is 15.3. The molecule has 2 aromatic rings. The molecule has 0 amide bonds. The quantitative estimate of drug-likeness (QED) is 0.788. The zero-order valence-corrected chi connectivity index (χ0v) is 13.6. The van der Waals surface area contributed by atoms with Crippen molar-refractivity contribution in [2.24, 2.45) is 5.41 Å². The van der Waals surface area contributed by atoms with Crippen molar-refractivity contribution < 1.29 is 14.3 Å². The Labute approximate surface area is 136 Å². The van der Waals surface area contributed by atoms with Gasteiger partial charge in [-0.1, -0.05) is 30.3 Å². The largest absolute Gasteiger partial charge is 0.497 e. The smallest absolute Gasteiger partial charge is 0.317 e. The summed E-state index contributed by atoms with van der Waals surface area (Å²) in [5.41, 5.74) is 1.38. The van der Waals surface area contributed by atoms with Crippen molar-refractivity contribution in [1.29, 1.82) is 0 Å². The van der Waals surface area contributed by atoms with Crippen LogP contribution < -0.4 is 4.74 Å². The zero-order valence-electron chi connectivity index (χ0n) is 13.6. The maximum Gasteiger partial charge on any atom is 0.317 e. The van der Waals surface area contributed by atoms with E-state index in [1.165, 1.54) is 0 Å². The van der Waals surface area contributed by atoms with Gasteiger partial charge < -0.3 is 9.47 Å². The van der Waals surface area contributed by atoms with E-state index >= 15 is 0 Å². The molecule has 23 heavy (non-hydrogen) atoms. The zero-order chi connectivity index (χ0) is 16.4. The van der Waals surface area contributed by atoms with Gasteiger partial charge in [0.1, 0.15) is 11.5 Å². The van der Waals surface area contributed by atoms with Gasteiger partial charge in [-0.15, -0.1) is 0 Å². The van der Waals surface area contributed by atoms with Crippen molar-refractivity contribution in [3.8, 4) is 5.75 Å². The summed E-state index contributed by atoms with van der Waals surface area (Å²) in [7, 11) is 1.63. The molecule has 1 aliphatic heterocycles. The lowest BCUT2D eigenvalue weighted by Crippen LogP contribution is -2.35. The van der Waals surface area contributed by atoms with Gasteiger partial charge in [0.15, 0.2) is 0 Å². The number of rotatable bonds is 3. The van der Waals surface area contributed by atoms with Crippen molar-refractivity contribution >= 4 is 11.7 Å². The third-order valence-corrected chi connectivity index (χ3v) is 4.36. The highest BCUT2D eigenvalue weighted by molar-refractivity contribution is 5.87. The van der Waals surface area contributed by atoms with E-state index in [-0.39, 0.29) is 11.9 Å². The number of methoxy groups -OCH3 is 1. The molecule has 0 saturated heterocycles. The predicted octanol–water partition coefficient (Wildman–Crippen LogP) is 4.40. The Morgan fingerprint density at radius 2 is 1.65 bits per heavy atom. The van der Waals surface area contributed by atoms with Crippen molar-refractivity contribution in [3.05, 3.63) is 71.8 Å². The van der Waals surface area contributed by atoms with Crippen LogP contribution in [0.3, 0.4) is 0 Å². The fourth-order valence-electron chi connectivity index (χ4n) is 2.84. The number of benzene rings is 2. The Bertz CT molecular complexity index is 727.